The monoisotopic (exact) mass is 153 g/mol. The first-order valence-corrected chi connectivity index (χ1v) is 3.61. The van der Waals surface area contributed by atoms with Crippen molar-refractivity contribution >= 4 is 16.5 Å². The molecule has 0 saturated heterocycles. The topological polar surface area (TPSA) is 26.0 Å². The summed E-state index contributed by atoms with van der Waals surface area (Å²) >= 11 is 0. The van der Waals surface area contributed by atoms with Crippen molar-refractivity contribution in [2.75, 3.05) is 5.73 Å². The van der Waals surface area contributed by atoms with Crippen LogP contribution in [0.2, 0.25) is 0 Å². The summed E-state index contributed by atoms with van der Waals surface area (Å²) in [7, 11) is 0. The van der Waals surface area contributed by atoms with E-state index in [-0.39, 0.29) is 0 Å². The van der Waals surface area contributed by atoms with Crippen molar-refractivity contribution in [1.29, 1.82) is 0 Å². The first kappa shape index (κ1) is 6.23. The zero-order valence-corrected chi connectivity index (χ0v) is 6.12. The van der Waals surface area contributed by atoms with Crippen LogP contribution in [-0.2, 0) is 0 Å². The zero-order valence-electron chi connectivity index (χ0n) is 6.12. The normalized spacial score (nSPS) is 10.2. The van der Waals surface area contributed by atoms with Gasteiger partial charge in [0.15, 0.2) is 0 Å². The van der Waals surface area contributed by atoms with Gasteiger partial charge in [0.25, 0.3) is 0 Å². The van der Waals surface area contributed by atoms with Crippen molar-refractivity contribution in [2.24, 2.45) is 0 Å². The molecule has 2 N–H and O–H groups in total. The maximum absolute atomic E-state index is 5.76. The fraction of sp³-hybridized carbons (Fsp3) is 0. The second-order valence-corrected chi connectivity index (χ2v) is 2.57. The largest absolute Gasteiger partial charge is 0.398 e. The van der Waals surface area contributed by atoms with Crippen molar-refractivity contribution in [1.82, 2.24) is 0 Å². The summed E-state index contributed by atoms with van der Waals surface area (Å²) in [6.45, 7) is 0. The molecule has 0 aliphatic heterocycles. The van der Waals surface area contributed by atoms with Crippen LogP contribution in [-0.4, -0.2) is 0 Å². The minimum atomic E-state index is 0.850. The standard InChI is InChI=1S/C10H9N/c11-10-7-3-5-8-4-1-2-6-9(8)10/h1-7H,11H2/i1+1,2+1,3+1,4+1,5+1,6+1,7+1,8+1,9+1,10+1. The Kier molecular flexibility index (Phi) is 1.29. The van der Waals surface area contributed by atoms with Gasteiger partial charge in [0.1, 0.15) is 0 Å². The number of hydrogen-bond acceptors (Lipinski definition) is 1. The highest BCUT2D eigenvalue weighted by atomic mass is 15.1. The number of rotatable bonds is 0. The average molecular weight is 153 g/mol. The van der Waals surface area contributed by atoms with Crippen LogP contribution >= 0.6 is 0 Å². The Balaban J connectivity index is 2.91. The third kappa shape index (κ3) is 0.944. The average Bonchev–Trinajstić information content (AvgIpc) is 2.06. The van der Waals surface area contributed by atoms with Crippen molar-refractivity contribution in [2.45, 2.75) is 0 Å². The van der Waals surface area contributed by atoms with Gasteiger partial charge in [-0.05, 0) is 11.5 Å². The maximum atomic E-state index is 5.76. The number of anilines is 1. The molecule has 2 rings (SSSR count). The Hall–Kier alpha value is -1.50. The Bertz CT molecular complexity index is 374. The molecule has 0 spiro atoms. The lowest BCUT2D eigenvalue weighted by Gasteiger charge is -1.98. The number of nitrogen functional groups attached to an aromatic ring is 1. The van der Waals surface area contributed by atoms with E-state index >= 15 is 0 Å². The smallest absolute Gasteiger partial charge is 0.0393 e. The van der Waals surface area contributed by atoms with Crippen LogP contribution in [0.3, 0.4) is 0 Å². The van der Waals surface area contributed by atoms with Gasteiger partial charge in [0.05, 0.1) is 0 Å². The van der Waals surface area contributed by atoms with Gasteiger partial charge in [0, 0.05) is 11.1 Å². The van der Waals surface area contributed by atoms with Crippen LogP contribution in [0.15, 0.2) is 42.5 Å². The van der Waals surface area contributed by atoms with Crippen LogP contribution in [0.5, 0.6) is 0 Å². The molecule has 0 atom stereocenters. The molecule has 0 heterocycles. The van der Waals surface area contributed by atoms with Gasteiger partial charge >= 0.3 is 0 Å². The second kappa shape index (κ2) is 2.27. The van der Waals surface area contributed by atoms with Crippen molar-refractivity contribution in [3.63, 3.8) is 0 Å². The highest BCUT2D eigenvalue weighted by Crippen LogP contribution is 2.19. The SMILES string of the molecule is N[13c]1[13cH][13cH][13cH][13c]2[13cH][13cH][13cH][13cH][13c]12. The van der Waals surface area contributed by atoms with Gasteiger partial charge in [-0.2, -0.15) is 0 Å². The van der Waals surface area contributed by atoms with E-state index in [2.05, 4.69) is 12.1 Å². The van der Waals surface area contributed by atoms with Gasteiger partial charge < -0.3 is 5.73 Å². The van der Waals surface area contributed by atoms with E-state index in [0.717, 1.165) is 11.1 Å². The van der Waals surface area contributed by atoms with E-state index in [4.69, 9.17) is 5.73 Å². The lowest BCUT2D eigenvalue weighted by atomic mass is 11.1. The predicted octanol–water partition coefficient (Wildman–Crippen LogP) is 2.42. The Labute approximate surface area is 65.5 Å². The summed E-state index contributed by atoms with van der Waals surface area (Å²) in [6, 6.07) is 14.1. The fourth-order valence-electron chi connectivity index (χ4n) is 1.25. The number of nitrogens with two attached hydrogens (primary N) is 1. The molecule has 0 radical (unpaired) electrons. The molecule has 0 aliphatic carbocycles. The lowest BCUT2D eigenvalue weighted by molar-refractivity contribution is 1.73. The first-order chi connectivity index (χ1) is 5.38. The summed E-state index contributed by atoms with van der Waals surface area (Å²) in [5.74, 6) is 0. The van der Waals surface area contributed by atoms with Gasteiger partial charge in [-0.3, -0.25) is 0 Å². The van der Waals surface area contributed by atoms with Gasteiger partial charge in [-0.15, -0.1) is 0 Å². The summed E-state index contributed by atoms with van der Waals surface area (Å²) < 4.78 is 0. The third-order valence-electron chi connectivity index (χ3n) is 1.82. The summed E-state index contributed by atoms with van der Waals surface area (Å²) in [6.07, 6.45) is 0. The number of benzene rings is 2. The minimum absolute atomic E-state index is 0.850. The lowest BCUT2D eigenvalue weighted by Crippen LogP contribution is -1.84. The molecule has 0 aromatic heterocycles. The van der Waals surface area contributed by atoms with Crippen LogP contribution in [0.4, 0.5) is 5.69 Å². The van der Waals surface area contributed by atoms with Gasteiger partial charge in [0.2, 0.25) is 0 Å². The van der Waals surface area contributed by atoms with Crippen LogP contribution < -0.4 is 5.73 Å². The molecule has 0 aliphatic rings. The molecule has 0 bridgehead atoms. The molecule has 54 valence electrons. The summed E-state index contributed by atoms with van der Waals surface area (Å²) in [5.41, 5.74) is 6.61. The molecule has 1 nitrogen and oxygen atoms in total. The van der Waals surface area contributed by atoms with Crippen LogP contribution in [0.25, 0.3) is 10.8 Å². The van der Waals surface area contributed by atoms with E-state index in [1.807, 2.05) is 30.3 Å². The van der Waals surface area contributed by atoms with Gasteiger partial charge in [-0.25, -0.2) is 0 Å². The van der Waals surface area contributed by atoms with Gasteiger partial charge in [-0.1, -0.05) is 36.4 Å². The van der Waals surface area contributed by atoms with Crippen LogP contribution in [0, 0.1) is 0 Å². The van der Waals surface area contributed by atoms with Crippen molar-refractivity contribution in [3.05, 3.63) is 42.5 Å². The van der Waals surface area contributed by atoms with Crippen LogP contribution in [0.1, 0.15) is 0 Å². The molecule has 2 aromatic carbocycles. The first-order valence-electron chi connectivity index (χ1n) is 3.61. The Morgan fingerprint density at radius 2 is 1.55 bits per heavy atom. The minimum Gasteiger partial charge on any atom is -0.398 e. The highest BCUT2D eigenvalue weighted by molar-refractivity contribution is 5.92. The summed E-state index contributed by atoms with van der Waals surface area (Å²) in [4.78, 5) is 0. The quantitative estimate of drug-likeness (QED) is 0.578. The molecule has 11 heavy (non-hydrogen) atoms. The number of fused-ring (bicyclic) bond motifs is 1. The molecule has 2 aromatic rings. The molecule has 0 fully saturated rings. The molecule has 0 amide bonds. The van der Waals surface area contributed by atoms with E-state index in [1.54, 1.807) is 0 Å². The zero-order chi connectivity index (χ0) is 7.68. The molecular weight excluding hydrogens is 144 g/mol. The Morgan fingerprint density at radius 1 is 0.818 bits per heavy atom. The second-order valence-electron chi connectivity index (χ2n) is 2.57. The molecular formula is C10H9N. The van der Waals surface area contributed by atoms with E-state index in [9.17, 15) is 0 Å². The maximum Gasteiger partial charge on any atom is 0.0393 e. The molecule has 1 heteroatoms. The summed E-state index contributed by atoms with van der Waals surface area (Å²) in [5, 5.41) is 2.34. The van der Waals surface area contributed by atoms with E-state index < -0.39 is 0 Å². The molecule has 0 unspecified atom stereocenters. The van der Waals surface area contributed by atoms with Crippen molar-refractivity contribution in [3.8, 4) is 0 Å². The molecule has 0 saturated carbocycles. The predicted molar refractivity (Wildman–Crippen MR) is 48.4 cm³/mol. The van der Waals surface area contributed by atoms with E-state index in [1.165, 1.54) is 5.39 Å². The van der Waals surface area contributed by atoms with E-state index in [0.29, 0.717) is 0 Å². The number of hydrogen-bond donors (Lipinski definition) is 1. The third-order valence-corrected chi connectivity index (χ3v) is 1.82. The Morgan fingerprint density at radius 3 is 2.36 bits per heavy atom. The van der Waals surface area contributed by atoms with Crippen molar-refractivity contribution < 1.29 is 0 Å². The highest BCUT2D eigenvalue weighted by Gasteiger charge is 1.92. The fourth-order valence-corrected chi connectivity index (χ4v) is 1.25.